The number of rotatable bonds is 5. The third-order valence-electron chi connectivity index (χ3n) is 4.19. The Morgan fingerprint density at radius 1 is 1.30 bits per heavy atom. The predicted octanol–water partition coefficient (Wildman–Crippen LogP) is 1.56. The monoisotopic (exact) mass is 274 g/mol. The highest BCUT2D eigenvalue weighted by Crippen LogP contribution is 2.20. The Kier molecular flexibility index (Phi) is 4.33. The van der Waals surface area contributed by atoms with Gasteiger partial charge in [0.1, 0.15) is 0 Å². The Morgan fingerprint density at radius 3 is 2.80 bits per heavy atom. The molecule has 4 heteroatoms. The summed E-state index contributed by atoms with van der Waals surface area (Å²) >= 11 is 0. The Bertz CT molecular complexity index is 443. The molecule has 0 spiro atoms. The number of nitrogens with zero attached hydrogens (tertiary/aromatic N) is 1. The van der Waals surface area contributed by atoms with Crippen LogP contribution in [0.4, 0.5) is 0 Å². The van der Waals surface area contributed by atoms with Gasteiger partial charge in [-0.1, -0.05) is 30.3 Å². The number of amides is 1. The van der Waals surface area contributed by atoms with Crippen molar-refractivity contribution in [1.82, 2.24) is 10.2 Å². The van der Waals surface area contributed by atoms with Crippen LogP contribution in [-0.4, -0.2) is 42.6 Å². The summed E-state index contributed by atoms with van der Waals surface area (Å²) in [5.74, 6) is 0.155. The average molecular weight is 274 g/mol. The molecule has 0 radical (unpaired) electrons. The lowest BCUT2D eigenvalue weighted by Gasteiger charge is -2.39. The molecule has 1 amide bonds. The van der Waals surface area contributed by atoms with Crippen molar-refractivity contribution < 1.29 is 9.53 Å². The molecule has 0 unspecified atom stereocenters. The summed E-state index contributed by atoms with van der Waals surface area (Å²) in [5.41, 5.74) is 1.27. The molecule has 1 aromatic carbocycles. The van der Waals surface area contributed by atoms with Crippen molar-refractivity contribution in [3.8, 4) is 0 Å². The van der Waals surface area contributed by atoms with Crippen LogP contribution in [0, 0.1) is 0 Å². The first-order valence-electron chi connectivity index (χ1n) is 7.50. The second-order valence-electron chi connectivity index (χ2n) is 5.64. The van der Waals surface area contributed by atoms with Crippen molar-refractivity contribution in [1.29, 1.82) is 0 Å². The van der Waals surface area contributed by atoms with Gasteiger partial charge in [0.05, 0.1) is 12.1 Å². The van der Waals surface area contributed by atoms with E-state index in [1.165, 1.54) is 5.56 Å². The molecule has 3 rings (SSSR count). The van der Waals surface area contributed by atoms with Gasteiger partial charge in [-0.25, -0.2) is 0 Å². The van der Waals surface area contributed by atoms with Gasteiger partial charge in [0.15, 0.2) is 0 Å². The molecule has 2 atom stereocenters. The van der Waals surface area contributed by atoms with Gasteiger partial charge in [-0.05, 0) is 24.8 Å². The van der Waals surface area contributed by atoms with Gasteiger partial charge in [-0.15, -0.1) is 0 Å². The van der Waals surface area contributed by atoms with E-state index in [1.54, 1.807) is 0 Å². The SMILES string of the molecule is O=C(NC[C@@H]1CCCO1)[C@@H]1CCN1Cc1ccccc1. The minimum Gasteiger partial charge on any atom is -0.376 e. The largest absolute Gasteiger partial charge is 0.376 e. The third kappa shape index (κ3) is 3.19. The molecule has 4 nitrogen and oxygen atoms in total. The average Bonchev–Trinajstić information content (AvgIpc) is 2.96. The minimum absolute atomic E-state index is 0.0385. The van der Waals surface area contributed by atoms with E-state index in [-0.39, 0.29) is 18.1 Å². The zero-order valence-electron chi connectivity index (χ0n) is 11.8. The lowest BCUT2D eigenvalue weighted by atomic mass is 10.0. The third-order valence-corrected chi connectivity index (χ3v) is 4.19. The minimum atomic E-state index is 0.0385. The van der Waals surface area contributed by atoms with E-state index in [4.69, 9.17) is 4.74 Å². The van der Waals surface area contributed by atoms with Gasteiger partial charge < -0.3 is 10.1 Å². The van der Waals surface area contributed by atoms with Crippen LogP contribution in [0.15, 0.2) is 30.3 Å². The maximum atomic E-state index is 12.2. The molecule has 108 valence electrons. The standard InChI is InChI=1S/C16H22N2O2/c19-16(17-11-14-7-4-10-20-14)15-8-9-18(15)12-13-5-2-1-3-6-13/h1-3,5-6,14-15H,4,7-12H2,(H,17,19)/t14-,15-/m0/s1. The Balaban J connectivity index is 1.46. The quantitative estimate of drug-likeness (QED) is 0.886. The molecule has 1 N–H and O–H groups in total. The molecule has 0 bridgehead atoms. The molecule has 20 heavy (non-hydrogen) atoms. The normalized spacial score (nSPS) is 26.2. The molecule has 2 fully saturated rings. The predicted molar refractivity (Wildman–Crippen MR) is 77.2 cm³/mol. The van der Waals surface area contributed by atoms with Crippen LogP contribution in [0.2, 0.25) is 0 Å². The van der Waals surface area contributed by atoms with Gasteiger partial charge in [-0.3, -0.25) is 9.69 Å². The van der Waals surface area contributed by atoms with E-state index in [2.05, 4.69) is 22.3 Å². The molecule has 1 aromatic rings. The van der Waals surface area contributed by atoms with Gasteiger partial charge in [0.25, 0.3) is 0 Å². The van der Waals surface area contributed by atoms with Crippen molar-refractivity contribution in [2.24, 2.45) is 0 Å². The molecule has 0 saturated carbocycles. The highest BCUT2D eigenvalue weighted by molar-refractivity contribution is 5.82. The fourth-order valence-corrected chi connectivity index (χ4v) is 2.88. The highest BCUT2D eigenvalue weighted by Gasteiger charge is 2.34. The van der Waals surface area contributed by atoms with Crippen LogP contribution in [0.1, 0.15) is 24.8 Å². The molecule has 2 aliphatic heterocycles. The smallest absolute Gasteiger partial charge is 0.237 e. The molecular formula is C16H22N2O2. The van der Waals surface area contributed by atoms with E-state index in [0.29, 0.717) is 6.54 Å². The number of benzene rings is 1. The number of hydrogen-bond acceptors (Lipinski definition) is 3. The molecular weight excluding hydrogens is 252 g/mol. The van der Waals surface area contributed by atoms with Crippen LogP contribution in [0.3, 0.4) is 0 Å². The second kappa shape index (κ2) is 6.37. The Hall–Kier alpha value is -1.39. The number of nitrogens with one attached hydrogen (secondary N) is 1. The van der Waals surface area contributed by atoms with Crippen molar-refractivity contribution in [3.63, 3.8) is 0 Å². The van der Waals surface area contributed by atoms with Gasteiger partial charge >= 0.3 is 0 Å². The van der Waals surface area contributed by atoms with Crippen molar-refractivity contribution in [2.45, 2.75) is 38.0 Å². The number of hydrogen-bond donors (Lipinski definition) is 1. The van der Waals surface area contributed by atoms with Gasteiger partial charge in [-0.2, -0.15) is 0 Å². The summed E-state index contributed by atoms with van der Waals surface area (Å²) in [4.78, 5) is 14.4. The fraction of sp³-hybridized carbons (Fsp3) is 0.562. The Labute approximate surface area is 120 Å². The molecule has 2 aliphatic rings. The van der Waals surface area contributed by atoms with E-state index in [9.17, 15) is 4.79 Å². The lowest BCUT2D eigenvalue weighted by Crippen LogP contribution is -2.56. The summed E-state index contributed by atoms with van der Waals surface area (Å²) in [6, 6.07) is 10.4. The maximum absolute atomic E-state index is 12.2. The van der Waals surface area contributed by atoms with Crippen LogP contribution >= 0.6 is 0 Å². The first kappa shape index (κ1) is 13.6. The van der Waals surface area contributed by atoms with E-state index in [0.717, 1.165) is 39.0 Å². The number of ether oxygens (including phenoxy) is 1. The second-order valence-corrected chi connectivity index (χ2v) is 5.64. The van der Waals surface area contributed by atoms with Crippen LogP contribution < -0.4 is 5.32 Å². The van der Waals surface area contributed by atoms with Gasteiger partial charge in [0, 0.05) is 26.2 Å². The fourth-order valence-electron chi connectivity index (χ4n) is 2.88. The van der Waals surface area contributed by atoms with Crippen LogP contribution in [0.25, 0.3) is 0 Å². The van der Waals surface area contributed by atoms with Crippen molar-refractivity contribution >= 4 is 5.91 Å². The lowest BCUT2D eigenvalue weighted by molar-refractivity contribution is -0.131. The van der Waals surface area contributed by atoms with E-state index in [1.807, 2.05) is 18.2 Å². The molecule has 2 saturated heterocycles. The summed E-state index contributed by atoms with van der Waals surface area (Å²) < 4.78 is 5.53. The first-order valence-corrected chi connectivity index (χ1v) is 7.50. The molecule has 0 aliphatic carbocycles. The summed E-state index contributed by atoms with van der Waals surface area (Å²) in [5, 5.41) is 3.04. The zero-order chi connectivity index (χ0) is 13.8. The summed E-state index contributed by atoms with van der Waals surface area (Å²) in [7, 11) is 0. The number of carbonyl (C=O) groups is 1. The first-order chi connectivity index (χ1) is 9.83. The summed E-state index contributed by atoms with van der Waals surface area (Å²) in [6.45, 7) is 3.37. The maximum Gasteiger partial charge on any atom is 0.237 e. The Morgan fingerprint density at radius 2 is 2.15 bits per heavy atom. The topological polar surface area (TPSA) is 41.6 Å². The van der Waals surface area contributed by atoms with Crippen LogP contribution in [-0.2, 0) is 16.1 Å². The summed E-state index contributed by atoms with van der Waals surface area (Å²) in [6.07, 6.45) is 3.37. The zero-order valence-corrected chi connectivity index (χ0v) is 11.8. The molecule has 0 aromatic heterocycles. The van der Waals surface area contributed by atoms with Crippen molar-refractivity contribution in [2.75, 3.05) is 19.7 Å². The highest BCUT2D eigenvalue weighted by atomic mass is 16.5. The van der Waals surface area contributed by atoms with Crippen LogP contribution in [0.5, 0.6) is 0 Å². The number of likely N-dealkylation sites (tertiary alicyclic amines) is 1. The van der Waals surface area contributed by atoms with Crippen molar-refractivity contribution in [3.05, 3.63) is 35.9 Å². The van der Waals surface area contributed by atoms with Gasteiger partial charge in [0.2, 0.25) is 5.91 Å². The van der Waals surface area contributed by atoms with E-state index >= 15 is 0 Å². The molecule has 2 heterocycles. The number of carbonyl (C=O) groups excluding carboxylic acids is 1. The van der Waals surface area contributed by atoms with E-state index < -0.39 is 0 Å².